The molecule has 0 saturated carbocycles. The number of nitriles is 1. The molecule has 27 heavy (non-hydrogen) atoms. The topological polar surface area (TPSA) is 84.2 Å². The van der Waals surface area contributed by atoms with Crippen LogP contribution in [-0.4, -0.2) is 14.3 Å². The SMILES string of the molecule is Cc1c(Cc2ccc([N+](=O)[O-])cc2)c(Cl)c2c(nc3ccccn32)c1C#N. The number of pyridine rings is 1. The Kier molecular flexibility index (Phi) is 4.02. The molecule has 0 aliphatic heterocycles. The number of nitro groups is 1. The maximum absolute atomic E-state index is 10.8. The Bertz CT molecular complexity index is 1250. The Labute approximate surface area is 159 Å². The molecule has 0 atom stereocenters. The van der Waals surface area contributed by atoms with Gasteiger partial charge in [0.05, 0.1) is 21.0 Å². The summed E-state index contributed by atoms with van der Waals surface area (Å²) in [5.74, 6) is 0. The normalized spacial score (nSPS) is 11.0. The van der Waals surface area contributed by atoms with E-state index in [4.69, 9.17) is 11.6 Å². The molecule has 0 N–H and O–H groups in total. The highest BCUT2D eigenvalue weighted by molar-refractivity contribution is 6.36. The van der Waals surface area contributed by atoms with E-state index in [0.717, 1.165) is 22.3 Å². The van der Waals surface area contributed by atoms with Crippen molar-refractivity contribution in [2.45, 2.75) is 13.3 Å². The Morgan fingerprint density at radius 2 is 2.00 bits per heavy atom. The second-order valence-electron chi connectivity index (χ2n) is 6.24. The fourth-order valence-corrected chi connectivity index (χ4v) is 3.69. The van der Waals surface area contributed by atoms with Crippen LogP contribution in [0.2, 0.25) is 5.02 Å². The first-order chi connectivity index (χ1) is 13.0. The number of rotatable bonds is 3. The molecule has 2 heterocycles. The second kappa shape index (κ2) is 6.38. The highest BCUT2D eigenvalue weighted by Gasteiger charge is 2.20. The minimum absolute atomic E-state index is 0.0384. The molecule has 0 aliphatic carbocycles. The van der Waals surface area contributed by atoms with Gasteiger partial charge in [0.1, 0.15) is 17.2 Å². The minimum atomic E-state index is -0.430. The number of hydrogen-bond donors (Lipinski definition) is 0. The van der Waals surface area contributed by atoms with Gasteiger partial charge in [-0.25, -0.2) is 4.98 Å². The molecule has 0 bridgehead atoms. The van der Waals surface area contributed by atoms with E-state index in [1.54, 1.807) is 12.1 Å². The van der Waals surface area contributed by atoms with E-state index < -0.39 is 4.92 Å². The van der Waals surface area contributed by atoms with Crippen LogP contribution in [0.5, 0.6) is 0 Å². The quantitative estimate of drug-likeness (QED) is 0.379. The number of aromatic nitrogens is 2. The Balaban J connectivity index is 1.93. The zero-order valence-corrected chi connectivity index (χ0v) is 15.1. The summed E-state index contributed by atoms with van der Waals surface area (Å²) in [6.07, 6.45) is 2.33. The highest BCUT2D eigenvalue weighted by atomic mass is 35.5. The van der Waals surface area contributed by atoms with E-state index in [9.17, 15) is 15.4 Å². The average molecular weight is 377 g/mol. The molecular weight excluding hydrogens is 364 g/mol. The van der Waals surface area contributed by atoms with Crippen molar-refractivity contribution < 1.29 is 4.92 Å². The van der Waals surface area contributed by atoms with Gasteiger partial charge in [0, 0.05) is 18.3 Å². The lowest BCUT2D eigenvalue weighted by Gasteiger charge is -2.12. The Hall–Kier alpha value is -3.43. The van der Waals surface area contributed by atoms with Gasteiger partial charge in [0.2, 0.25) is 0 Å². The smallest absolute Gasteiger partial charge is 0.269 e. The summed E-state index contributed by atoms with van der Waals surface area (Å²) in [6.45, 7) is 1.86. The molecule has 0 fully saturated rings. The number of nitrogens with zero attached hydrogens (tertiary/aromatic N) is 4. The second-order valence-corrected chi connectivity index (χ2v) is 6.62. The number of imidazole rings is 1. The van der Waals surface area contributed by atoms with Gasteiger partial charge in [-0.05, 0) is 42.2 Å². The number of hydrogen-bond acceptors (Lipinski definition) is 4. The van der Waals surface area contributed by atoms with Crippen molar-refractivity contribution in [2.75, 3.05) is 0 Å². The minimum Gasteiger partial charge on any atom is -0.298 e. The van der Waals surface area contributed by atoms with Gasteiger partial charge in [0.25, 0.3) is 5.69 Å². The predicted molar refractivity (Wildman–Crippen MR) is 103 cm³/mol. The first-order valence-electron chi connectivity index (χ1n) is 8.22. The number of benzene rings is 2. The van der Waals surface area contributed by atoms with Gasteiger partial charge in [0.15, 0.2) is 0 Å². The summed E-state index contributed by atoms with van der Waals surface area (Å²) in [6, 6.07) is 14.2. The van der Waals surface area contributed by atoms with Crippen molar-refractivity contribution in [1.29, 1.82) is 5.26 Å². The lowest BCUT2D eigenvalue weighted by atomic mass is 9.95. The van der Waals surface area contributed by atoms with Gasteiger partial charge >= 0.3 is 0 Å². The average Bonchev–Trinajstić information content (AvgIpc) is 3.05. The van der Waals surface area contributed by atoms with Crippen molar-refractivity contribution >= 4 is 34.0 Å². The lowest BCUT2D eigenvalue weighted by Crippen LogP contribution is -1.99. The summed E-state index contributed by atoms with van der Waals surface area (Å²) in [7, 11) is 0. The third kappa shape index (κ3) is 2.69. The highest BCUT2D eigenvalue weighted by Crippen LogP contribution is 2.35. The number of non-ortho nitro benzene ring substituents is 1. The molecule has 0 radical (unpaired) electrons. The standard InChI is InChI=1S/C20H13ClN4O2/c1-12-15(10-13-5-7-14(8-6-13)25(26)27)18(21)20-19(16(12)11-22)23-17-4-2-3-9-24(17)20/h2-9H,10H2,1H3. The van der Waals surface area contributed by atoms with Gasteiger partial charge in [-0.1, -0.05) is 29.8 Å². The van der Waals surface area contributed by atoms with Crippen molar-refractivity contribution in [2.24, 2.45) is 0 Å². The van der Waals surface area contributed by atoms with Crippen molar-refractivity contribution in [3.8, 4) is 6.07 Å². The predicted octanol–water partition coefficient (Wildman–Crippen LogP) is 4.82. The Morgan fingerprint density at radius 3 is 2.67 bits per heavy atom. The number of fused-ring (bicyclic) bond motifs is 3. The van der Waals surface area contributed by atoms with E-state index in [2.05, 4.69) is 11.1 Å². The van der Waals surface area contributed by atoms with Crippen molar-refractivity contribution in [3.05, 3.63) is 86.1 Å². The lowest BCUT2D eigenvalue weighted by molar-refractivity contribution is -0.384. The summed E-state index contributed by atoms with van der Waals surface area (Å²) in [4.78, 5) is 15.0. The third-order valence-electron chi connectivity index (χ3n) is 4.71. The van der Waals surface area contributed by atoms with Gasteiger partial charge in [-0.3, -0.25) is 14.5 Å². The fraction of sp³-hybridized carbons (Fsp3) is 0.100. The molecular formula is C20H13ClN4O2. The molecule has 2 aromatic heterocycles. The Morgan fingerprint density at radius 1 is 1.26 bits per heavy atom. The zero-order valence-electron chi connectivity index (χ0n) is 14.3. The molecule has 0 spiro atoms. The first kappa shape index (κ1) is 17.0. The molecule has 132 valence electrons. The molecule has 4 rings (SSSR count). The van der Waals surface area contributed by atoms with E-state index in [1.807, 2.05) is 35.7 Å². The van der Waals surface area contributed by atoms with Gasteiger partial charge in [-0.15, -0.1) is 0 Å². The van der Waals surface area contributed by atoms with Crippen LogP contribution in [0, 0.1) is 28.4 Å². The molecule has 2 aromatic carbocycles. The molecule has 6 nitrogen and oxygen atoms in total. The van der Waals surface area contributed by atoms with E-state index >= 15 is 0 Å². The molecule has 7 heteroatoms. The van der Waals surface area contributed by atoms with Crippen LogP contribution in [0.4, 0.5) is 5.69 Å². The van der Waals surface area contributed by atoms with Crippen LogP contribution in [0.3, 0.4) is 0 Å². The fourth-order valence-electron chi connectivity index (χ4n) is 3.30. The third-order valence-corrected chi connectivity index (χ3v) is 5.11. The van der Waals surface area contributed by atoms with E-state index in [1.165, 1.54) is 12.1 Å². The zero-order chi connectivity index (χ0) is 19.1. The number of halogens is 1. The monoisotopic (exact) mass is 376 g/mol. The van der Waals surface area contributed by atoms with Crippen molar-refractivity contribution in [3.63, 3.8) is 0 Å². The van der Waals surface area contributed by atoms with Crippen LogP contribution in [0.25, 0.3) is 16.7 Å². The molecule has 0 aliphatic rings. The van der Waals surface area contributed by atoms with Crippen LogP contribution in [-0.2, 0) is 6.42 Å². The van der Waals surface area contributed by atoms with Crippen molar-refractivity contribution in [1.82, 2.24) is 9.38 Å². The van der Waals surface area contributed by atoms with Crippen LogP contribution in [0.15, 0.2) is 48.7 Å². The summed E-state index contributed by atoms with van der Waals surface area (Å²) >= 11 is 6.75. The summed E-state index contributed by atoms with van der Waals surface area (Å²) in [5, 5.41) is 21.1. The summed E-state index contributed by atoms with van der Waals surface area (Å²) in [5.41, 5.74) is 5.01. The maximum atomic E-state index is 10.8. The number of nitro benzene ring substituents is 1. The molecule has 0 amide bonds. The van der Waals surface area contributed by atoms with Gasteiger partial charge < -0.3 is 0 Å². The van der Waals surface area contributed by atoms with E-state index in [0.29, 0.717) is 28.0 Å². The summed E-state index contributed by atoms with van der Waals surface area (Å²) < 4.78 is 1.87. The molecule has 0 unspecified atom stereocenters. The van der Waals surface area contributed by atoms with E-state index in [-0.39, 0.29) is 5.69 Å². The largest absolute Gasteiger partial charge is 0.298 e. The first-order valence-corrected chi connectivity index (χ1v) is 8.60. The maximum Gasteiger partial charge on any atom is 0.269 e. The van der Waals surface area contributed by atoms with Crippen LogP contribution >= 0.6 is 11.6 Å². The van der Waals surface area contributed by atoms with Gasteiger partial charge in [-0.2, -0.15) is 5.26 Å². The van der Waals surface area contributed by atoms with Crippen LogP contribution < -0.4 is 0 Å². The molecule has 4 aromatic rings. The van der Waals surface area contributed by atoms with Crippen LogP contribution in [0.1, 0.15) is 22.3 Å². The molecule has 0 saturated heterocycles.